The summed E-state index contributed by atoms with van der Waals surface area (Å²) in [7, 11) is 1.69. The first-order valence-corrected chi connectivity index (χ1v) is 4.59. The molecular weight excluding hydrogens is 154 g/mol. The fraction of sp³-hybridized carbons (Fsp3) is 0.889. The molecule has 2 aliphatic rings. The zero-order chi connectivity index (χ0) is 8.60. The minimum Gasteiger partial charge on any atom is -0.383 e. The van der Waals surface area contributed by atoms with Crippen molar-refractivity contribution in [3.05, 3.63) is 0 Å². The number of carbonyl (C=O) groups is 1. The van der Waals surface area contributed by atoms with Crippen LogP contribution in [0.2, 0.25) is 0 Å². The molecule has 1 saturated carbocycles. The summed E-state index contributed by atoms with van der Waals surface area (Å²) < 4.78 is 5.07. The first kappa shape index (κ1) is 8.05. The minimum absolute atomic E-state index is 0.0317. The van der Waals surface area contributed by atoms with Gasteiger partial charge in [-0.1, -0.05) is 12.8 Å². The molecule has 1 aliphatic carbocycles. The van der Waals surface area contributed by atoms with Gasteiger partial charge in [-0.3, -0.25) is 4.79 Å². The van der Waals surface area contributed by atoms with Gasteiger partial charge < -0.3 is 10.1 Å². The predicted molar refractivity (Wildman–Crippen MR) is 44.7 cm³/mol. The van der Waals surface area contributed by atoms with Crippen molar-refractivity contribution in [2.45, 2.75) is 31.7 Å². The maximum Gasteiger partial charge on any atom is 0.228 e. The van der Waals surface area contributed by atoms with Crippen molar-refractivity contribution in [1.29, 1.82) is 0 Å². The number of β-lactam (4-membered cyclic amide) rings is 1. The van der Waals surface area contributed by atoms with Crippen molar-refractivity contribution >= 4 is 5.91 Å². The average Bonchev–Trinajstić information content (AvgIpc) is 2.55. The van der Waals surface area contributed by atoms with Crippen LogP contribution in [-0.2, 0) is 9.53 Å². The quantitative estimate of drug-likeness (QED) is 0.618. The van der Waals surface area contributed by atoms with E-state index in [1.165, 1.54) is 12.8 Å². The van der Waals surface area contributed by atoms with Crippen molar-refractivity contribution in [3.8, 4) is 0 Å². The third kappa shape index (κ3) is 0.891. The number of hydrogen-bond acceptors (Lipinski definition) is 2. The van der Waals surface area contributed by atoms with E-state index in [2.05, 4.69) is 5.32 Å². The lowest BCUT2D eigenvalue weighted by atomic mass is 9.71. The minimum atomic E-state index is -0.0317. The number of ether oxygens (including phenoxy) is 1. The van der Waals surface area contributed by atoms with Gasteiger partial charge in [0.2, 0.25) is 5.91 Å². The van der Waals surface area contributed by atoms with E-state index in [9.17, 15) is 4.79 Å². The van der Waals surface area contributed by atoms with Gasteiger partial charge in [0.25, 0.3) is 0 Å². The summed E-state index contributed by atoms with van der Waals surface area (Å²) in [4.78, 5) is 11.4. The Balaban J connectivity index is 2.05. The molecule has 0 aromatic rings. The molecule has 0 aromatic heterocycles. The number of amides is 1. The van der Waals surface area contributed by atoms with Crippen LogP contribution in [0, 0.1) is 5.41 Å². The number of methoxy groups -OCH3 is 1. The number of hydrogen-bond donors (Lipinski definition) is 1. The average molecular weight is 169 g/mol. The molecule has 12 heavy (non-hydrogen) atoms. The summed E-state index contributed by atoms with van der Waals surface area (Å²) in [5, 5.41) is 2.91. The lowest BCUT2D eigenvalue weighted by molar-refractivity contribution is -0.148. The second-order valence-corrected chi connectivity index (χ2v) is 3.84. The van der Waals surface area contributed by atoms with Crippen LogP contribution in [-0.4, -0.2) is 25.7 Å². The highest BCUT2D eigenvalue weighted by Crippen LogP contribution is 2.46. The van der Waals surface area contributed by atoms with Crippen LogP contribution in [0.15, 0.2) is 0 Å². The molecule has 0 radical (unpaired) electrons. The Bertz CT molecular complexity index is 197. The van der Waals surface area contributed by atoms with Gasteiger partial charge in [0.15, 0.2) is 0 Å². The molecule has 2 rings (SSSR count). The van der Waals surface area contributed by atoms with Crippen molar-refractivity contribution in [3.63, 3.8) is 0 Å². The Morgan fingerprint density at radius 2 is 2.25 bits per heavy atom. The number of nitrogens with one attached hydrogen (secondary N) is 1. The third-order valence-corrected chi connectivity index (χ3v) is 3.25. The van der Waals surface area contributed by atoms with Crippen molar-refractivity contribution in [1.82, 2.24) is 5.32 Å². The summed E-state index contributed by atoms with van der Waals surface area (Å²) in [6, 6.07) is 0.289. The van der Waals surface area contributed by atoms with Crippen LogP contribution in [0.4, 0.5) is 0 Å². The van der Waals surface area contributed by atoms with E-state index in [4.69, 9.17) is 4.74 Å². The molecule has 1 N–H and O–H groups in total. The summed E-state index contributed by atoms with van der Waals surface area (Å²) in [6.07, 6.45) is 4.53. The summed E-state index contributed by atoms with van der Waals surface area (Å²) >= 11 is 0. The van der Waals surface area contributed by atoms with Gasteiger partial charge in [0.1, 0.15) is 0 Å². The number of rotatable bonds is 2. The van der Waals surface area contributed by atoms with E-state index in [0.29, 0.717) is 6.61 Å². The summed E-state index contributed by atoms with van der Waals surface area (Å²) in [5.41, 5.74) is -0.0317. The van der Waals surface area contributed by atoms with Crippen LogP contribution < -0.4 is 5.32 Å². The van der Waals surface area contributed by atoms with Crippen molar-refractivity contribution < 1.29 is 9.53 Å². The Labute approximate surface area is 72.5 Å². The monoisotopic (exact) mass is 169 g/mol. The molecule has 1 unspecified atom stereocenters. The molecule has 3 nitrogen and oxygen atoms in total. The van der Waals surface area contributed by atoms with E-state index in [1.54, 1.807) is 7.11 Å². The standard InChI is InChI=1S/C9H15NO2/c1-12-6-7-9(8(11)10-7)4-2-3-5-9/h7H,2-6H2,1H3,(H,10,11). The summed E-state index contributed by atoms with van der Waals surface area (Å²) in [6.45, 7) is 0.672. The largest absolute Gasteiger partial charge is 0.383 e. The SMILES string of the molecule is COCC1NC(=O)C12CCCC2. The van der Waals surface area contributed by atoms with E-state index in [0.717, 1.165) is 12.8 Å². The Hall–Kier alpha value is -0.570. The highest BCUT2D eigenvalue weighted by molar-refractivity contribution is 5.90. The molecule has 0 aromatic carbocycles. The van der Waals surface area contributed by atoms with E-state index in [-0.39, 0.29) is 17.4 Å². The molecule has 1 amide bonds. The zero-order valence-electron chi connectivity index (χ0n) is 7.43. The van der Waals surface area contributed by atoms with E-state index < -0.39 is 0 Å². The predicted octanol–water partition coefficient (Wildman–Crippen LogP) is 0.692. The van der Waals surface area contributed by atoms with Crippen LogP contribution in [0.5, 0.6) is 0 Å². The Morgan fingerprint density at radius 1 is 1.58 bits per heavy atom. The zero-order valence-corrected chi connectivity index (χ0v) is 7.43. The fourth-order valence-corrected chi connectivity index (χ4v) is 2.47. The van der Waals surface area contributed by atoms with Gasteiger partial charge in [-0.2, -0.15) is 0 Å². The van der Waals surface area contributed by atoms with Crippen LogP contribution >= 0.6 is 0 Å². The molecule has 1 saturated heterocycles. The Morgan fingerprint density at radius 3 is 2.75 bits per heavy atom. The highest BCUT2D eigenvalue weighted by Gasteiger charge is 2.55. The third-order valence-electron chi connectivity index (χ3n) is 3.25. The smallest absolute Gasteiger partial charge is 0.228 e. The number of carbonyl (C=O) groups excluding carboxylic acids is 1. The molecule has 1 heterocycles. The topological polar surface area (TPSA) is 38.3 Å². The second kappa shape index (κ2) is 2.73. The van der Waals surface area contributed by atoms with Gasteiger partial charge in [0, 0.05) is 7.11 Å². The Kier molecular flexibility index (Phi) is 1.83. The fourth-order valence-electron chi connectivity index (χ4n) is 2.47. The molecule has 2 fully saturated rings. The van der Waals surface area contributed by atoms with E-state index >= 15 is 0 Å². The highest BCUT2D eigenvalue weighted by atomic mass is 16.5. The van der Waals surface area contributed by atoms with E-state index in [1.807, 2.05) is 0 Å². The molecule has 1 atom stereocenters. The lowest BCUT2D eigenvalue weighted by Crippen LogP contribution is -2.67. The van der Waals surface area contributed by atoms with Gasteiger partial charge in [-0.05, 0) is 12.8 Å². The van der Waals surface area contributed by atoms with Gasteiger partial charge in [-0.15, -0.1) is 0 Å². The molecule has 1 spiro atoms. The summed E-state index contributed by atoms with van der Waals surface area (Å²) in [5.74, 6) is 0.252. The maximum absolute atomic E-state index is 11.4. The normalized spacial score (nSPS) is 31.8. The van der Waals surface area contributed by atoms with Gasteiger partial charge in [-0.25, -0.2) is 0 Å². The van der Waals surface area contributed by atoms with Crippen LogP contribution in [0.3, 0.4) is 0 Å². The van der Waals surface area contributed by atoms with Crippen molar-refractivity contribution in [2.75, 3.05) is 13.7 Å². The first-order valence-electron chi connectivity index (χ1n) is 4.59. The van der Waals surface area contributed by atoms with Gasteiger partial charge in [0.05, 0.1) is 18.1 Å². The second-order valence-electron chi connectivity index (χ2n) is 3.84. The first-order chi connectivity index (χ1) is 5.79. The molecule has 3 heteroatoms. The molecule has 68 valence electrons. The molecule has 1 aliphatic heterocycles. The maximum atomic E-state index is 11.4. The molecule has 0 bridgehead atoms. The van der Waals surface area contributed by atoms with Crippen molar-refractivity contribution in [2.24, 2.45) is 5.41 Å². The van der Waals surface area contributed by atoms with Crippen LogP contribution in [0.25, 0.3) is 0 Å². The van der Waals surface area contributed by atoms with Crippen LogP contribution in [0.1, 0.15) is 25.7 Å². The molecular formula is C9H15NO2. The van der Waals surface area contributed by atoms with Gasteiger partial charge >= 0.3 is 0 Å². The lowest BCUT2D eigenvalue weighted by Gasteiger charge is -2.46.